The van der Waals surface area contributed by atoms with Gasteiger partial charge in [-0.25, -0.2) is 0 Å². The smallest absolute Gasteiger partial charge is 0.272 e. The molecule has 0 radical (unpaired) electrons. The molecule has 2 N–H and O–H groups in total. The largest absolute Gasteiger partial charge is 0.366 e. The van der Waals surface area contributed by atoms with E-state index in [1.165, 1.54) is 0 Å². The first-order valence-electron chi connectivity index (χ1n) is 13.4. The summed E-state index contributed by atoms with van der Waals surface area (Å²) in [6.07, 6.45) is 1.56. The maximum atomic E-state index is 13.6. The quantitative estimate of drug-likeness (QED) is 0.220. The first kappa shape index (κ1) is 26.2. The summed E-state index contributed by atoms with van der Waals surface area (Å²) in [5, 5.41) is 4.66. The summed E-state index contributed by atoms with van der Waals surface area (Å²) >= 11 is 8.02. The molecule has 1 fully saturated rings. The predicted molar refractivity (Wildman–Crippen MR) is 166 cm³/mol. The Morgan fingerprint density at radius 1 is 0.925 bits per heavy atom. The molecule has 0 spiro atoms. The van der Waals surface area contributed by atoms with Crippen LogP contribution in [0.3, 0.4) is 0 Å². The average molecular weight is 566 g/mol. The number of hydrogen-bond acceptors (Lipinski definition) is 4. The lowest BCUT2D eigenvalue weighted by Gasteiger charge is -2.34. The number of piperidine rings is 1. The molecule has 4 aromatic carbocycles. The zero-order valence-electron chi connectivity index (χ0n) is 21.8. The minimum absolute atomic E-state index is 0.0349. The molecule has 1 atom stereocenters. The van der Waals surface area contributed by atoms with E-state index in [1.54, 1.807) is 17.8 Å². The number of fused-ring (bicyclic) bond motifs is 1. The molecule has 1 aliphatic heterocycles. The van der Waals surface area contributed by atoms with Gasteiger partial charge in [-0.05, 0) is 60.9 Å². The van der Waals surface area contributed by atoms with Gasteiger partial charge in [0.05, 0.1) is 11.6 Å². The number of amides is 1. The summed E-state index contributed by atoms with van der Waals surface area (Å²) < 4.78 is 0. The van der Waals surface area contributed by atoms with Gasteiger partial charge in [0.1, 0.15) is 5.69 Å². The van der Waals surface area contributed by atoms with E-state index < -0.39 is 0 Å². The fourth-order valence-corrected chi connectivity index (χ4v) is 6.45. The highest BCUT2D eigenvalue weighted by Crippen LogP contribution is 2.38. The van der Waals surface area contributed by atoms with Crippen LogP contribution < -0.4 is 15.8 Å². The zero-order valence-corrected chi connectivity index (χ0v) is 23.3. The average Bonchev–Trinajstić information content (AvgIpc) is 2.99. The van der Waals surface area contributed by atoms with Gasteiger partial charge in [0.25, 0.3) is 5.56 Å². The van der Waals surface area contributed by atoms with Gasteiger partial charge in [0.15, 0.2) is 0 Å². The lowest BCUT2D eigenvalue weighted by molar-refractivity contribution is -0.120. The monoisotopic (exact) mass is 565 g/mol. The van der Waals surface area contributed by atoms with E-state index in [9.17, 15) is 9.59 Å². The molecule has 200 valence electrons. The molecule has 0 aliphatic carbocycles. The first-order valence-corrected chi connectivity index (χ1v) is 14.5. The zero-order chi connectivity index (χ0) is 27.5. The van der Waals surface area contributed by atoms with Crippen molar-refractivity contribution >= 4 is 51.5 Å². The number of pyridine rings is 1. The molecule has 1 aliphatic rings. The number of halogens is 1. The SMILES string of the molecule is O=C(Nc1ccccc1Sc1ccccc1)[C@H]1CCCN(c2c(-c3ccccc3)c3cc(Cl)ccc3[nH]c2=O)C1. The van der Waals surface area contributed by atoms with Crippen LogP contribution in [0.25, 0.3) is 22.0 Å². The van der Waals surface area contributed by atoms with Crippen molar-refractivity contribution in [2.24, 2.45) is 5.92 Å². The highest BCUT2D eigenvalue weighted by Gasteiger charge is 2.30. The van der Waals surface area contributed by atoms with Gasteiger partial charge in [-0.1, -0.05) is 84.0 Å². The third-order valence-electron chi connectivity index (χ3n) is 7.24. The summed E-state index contributed by atoms with van der Waals surface area (Å²) in [5.74, 6) is -0.297. The Kier molecular flexibility index (Phi) is 7.62. The Hall–Kier alpha value is -4.00. The second-order valence-electron chi connectivity index (χ2n) is 9.92. The Bertz CT molecular complexity index is 1720. The third kappa shape index (κ3) is 5.51. The topological polar surface area (TPSA) is 65.2 Å². The van der Waals surface area contributed by atoms with Crippen LogP contribution in [-0.4, -0.2) is 24.0 Å². The highest BCUT2D eigenvalue weighted by molar-refractivity contribution is 7.99. The van der Waals surface area contributed by atoms with Gasteiger partial charge >= 0.3 is 0 Å². The maximum Gasteiger partial charge on any atom is 0.272 e. The van der Waals surface area contributed by atoms with Crippen LogP contribution in [0.4, 0.5) is 11.4 Å². The van der Waals surface area contributed by atoms with E-state index in [0.29, 0.717) is 23.8 Å². The number of hydrogen-bond donors (Lipinski definition) is 2. The fraction of sp³-hybridized carbons (Fsp3) is 0.152. The summed E-state index contributed by atoms with van der Waals surface area (Å²) in [5.41, 5.74) is 3.72. The highest BCUT2D eigenvalue weighted by atomic mass is 35.5. The normalized spacial score (nSPS) is 15.2. The molecule has 0 unspecified atom stereocenters. The van der Waals surface area contributed by atoms with Crippen LogP contribution in [0.15, 0.2) is 118 Å². The number of carbonyl (C=O) groups is 1. The second-order valence-corrected chi connectivity index (χ2v) is 11.5. The van der Waals surface area contributed by atoms with Crippen molar-refractivity contribution < 1.29 is 4.79 Å². The van der Waals surface area contributed by atoms with E-state index in [2.05, 4.69) is 27.3 Å². The summed E-state index contributed by atoms with van der Waals surface area (Å²) in [7, 11) is 0. The number of aromatic amines is 1. The molecule has 40 heavy (non-hydrogen) atoms. The van der Waals surface area contributed by atoms with Gasteiger partial charge in [-0.3, -0.25) is 9.59 Å². The molecule has 6 rings (SSSR count). The molecule has 7 heteroatoms. The summed E-state index contributed by atoms with van der Waals surface area (Å²) in [6.45, 7) is 1.15. The molecule has 0 bridgehead atoms. The molecule has 5 aromatic rings. The third-order valence-corrected chi connectivity index (χ3v) is 8.56. The van der Waals surface area contributed by atoms with Gasteiger partial charge in [0, 0.05) is 44.4 Å². The van der Waals surface area contributed by atoms with Crippen molar-refractivity contribution in [3.05, 3.63) is 119 Å². The van der Waals surface area contributed by atoms with Gasteiger partial charge in [0.2, 0.25) is 5.91 Å². The van der Waals surface area contributed by atoms with E-state index in [0.717, 1.165) is 50.3 Å². The molecule has 0 saturated carbocycles. The van der Waals surface area contributed by atoms with E-state index in [1.807, 2.05) is 84.9 Å². The van der Waals surface area contributed by atoms with Crippen LogP contribution in [0.5, 0.6) is 0 Å². The molecule has 1 saturated heterocycles. The van der Waals surface area contributed by atoms with Crippen LogP contribution in [0.1, 0.15) is 12.8 Å². The Morgan fingerprint density at radius 3 is 2.45 bits per heavy atom. The van der Waals surface area contributed by atoms with Gasteiger partial charge in [-0.15, -0.1) is 0 Å². The molecule has 1 amide bonds. The van der Waals surface area contributed by atoms with Crippen molar-refractivity contribution in [3.63, 3.8) is 0 Å². The van der Waals surface area contributed by atoms with E-state index in [-0.39, 0.29) is 17.4 Å². The van der Waals surface area contributed by atoms with Gasteiger partial charge < -0.3 is 15.2 Å². The Balaban J connectivity index is 1.31. The van der Waals surface area contributed by atoms with Crippen molar-refractivity contribution in [1.82, 2.24) is 4.98 Å². The molecule has 1 aromatic heterocycles. The van der Waals surface area contributed by atoms with Gasteiger partial charge in [-0.2, -0.15) is 0 Å². The number of carbonyl (C=O) groups excluding carboxylic acids is 1. The van der Waals surface area contributed by atoms with Crippen molar-refractivity contribution in [2.75, 3.05) is 23.3 Å². The standard InChI is InChI=1S/C33H28ClN3O2S/c34-24-17-18-27-26(20-24)30(22-10-3-1-4-11-22)31(33(39)35-27)37-19-9-12-23(21-37)32(38)36-28-15-7-8-16-29(28)40-25-13-5-2-6-14-25/h1-8,10-11,13-18,20,23H,9,12,19,21H2,(H,35,39)(H,36,38)/t23-/m0/s1. The van der Waals surface area contributed by atoms with Crippen molar-refractivity contribution in [3.8, 4) is 11.1 Å². The number of aromatic nitrogens is 1. The number of anilines is 2. The molecular formula is C33H28ClN3O2S. The summed E-state index contributed by atoms with van der Waals surface area (Å²) in [6, 6.07) is 33.4. The number of H-pyrrole nitrogens is 1. The van der Waals surface area contributed by atoms with Crippen LogP contribution in [0, 0.1) is 5.92 Å². The Labute approximate surface area is 242 Å². The van der Waals surface area contributed by atoms with Crippen LogP contribution in [0.2, 0.25) is 5.02 Å². The second kappa shape index (κ2) is 11.6. The first-order chi connectivity index (χ1) is 19.6. The lowest BCUT2D eigenvalue weighted by atomic mass is 9.93. The van der Waals surface area contributed by atoms with Crippen molar-refractivity contribution in [2.45, 2.75) is 22.6 Å². The summed E-state index contributed by atoms with van der Waals surface area (Å²) in [4.78, 5) is 34.4. The van der Waals surface area contributed by atoms with Crippen LogP contribution >= 0.6 is 23.4 Å². The fourth-order valence-electron chi connectivity index (χ4n) is 5.36. The maximum absolute atomic E-state index is 13.6. The minimum Gasteiger partial charge on any atom is -0.366 e. The number of para-hydroxylation sites is 1. The minimum atomic E-state index is -0.262. The number of benzene rings is 4. The number of nitrogens with one attached hydrogen (secondary N) is 2. The molecule has 5 nitrogen and oxygen atoms in total. The van der Waals surface area contributed by atoms with Crippen LogP contribution in [-0.2, 0) is 4.79 Å². The Morgan fingerprint density at radius 2 is 1.65 bits per heavy atom. The predicted octanol–water partition coefficient (Wildman–Crippen LogP) is 7.85. The van der Waals surface area contributed by atoms with E-state index >= 15 is 0 Å². The lowest BCUT2D eigenvalue weighted by Crippen LogP contribution is -2.43. The number of nitrogens with zero attached hydrogens (tertiary/aromatic N) is 1. The molecular weight excluding hydrogens is 538 g/mol. The molecule has 2 heterocycles. The number of rotatable bonds is 6. The van der Waals surface area contributed by atoms with Crippen molar-refractivity contribution in [1.29, 1.82) is 0 Å². The van der Waals surface area contributed by atoms with E-state index in [4.69, 9.17) is 11.6 Å².